The number of carbonyl (C=O) groups excluding carboxylic acids is 2. The lowest BCUT2D eigenvalue weighted by Gasteiger charge is -2.12. The predicted octanol–water partition coefficient (Wildman–Crippen LogP) is 1.53. The van der Waals surface area contributed by atoms with Gasteiger partial charge in [0.05, 0.1) is 6.61 Å². The molecule has 1 aromatic heterocycles. The average Bonchev–Trinajstić information content (AvgIpc) is 2.29. The van der Waals surface area contributed by atoms with Crippen molar-refractivity contribution < 1.29 is 14.3 Å². The van der Waals surface area contributed by atoms with Gasteiger partial charge in [-0.2, -0.15) is 0 Å². The van der Waals surface area contributed by atoms with E-state index in [0.29, 0.717) is 4.47 Å². The van der Waals surface area contributed by atoms with Crippen LogP contribution in [-0.4, -0.2) is 29.5 Å². The quantitative estimate of drug-likeness (QED) is 0.856. The van der Waals surface area contributed by atoms with Crippen LogP contribution in [0.25, 0.3) is 0 Å². The van der Waals surface area contributed by atoms with Crippen molar-refractivity contribution in [2.75, 3.05) is 6.61 Å². The van der Waals surface area contributed by atoms with Crippen LogP contribution in [0.1, 0.15) is 24.3 Å². The summed E-state index contributed by atoms with van der Waals surface area (Å²) >= 11 is 3.22. The van der Waals surface area contributed by atoms with Crippen LogP contribution in [0.3, 0.4) is 0 Å². The molecule has 0 saturated carbocycles. The summed E-state index contributed by atoms with van der Waals surface area (Å²) in [5.41, 5.74) is 0.239. The van der Waals surface area contributed by atoms with Gasteiger partial charge in [-0.05, 0) is 41.9 Å². The van der Waals surface area contributed by atoms with Crippen LogP contribution in [0.4, 0.5) is 0 Å². The van der Waals surface area contributed by atoms with Gasteiger partial charge in [-0.3, -0.25) is 4.79 Å². The van der Waals surface area contributed by atoms with E-state index in [1.807, 2.05) is 0 Å². The molecule has 1 atom stereocenters. The molecule has 0 radical (unpaired) electrons. The Morgan fingerprint density at radius 2 is 2.29 bits per heavy atom. The summed E-state index contributed by atoms with van der Waals surface area (Å²) in [6, 6.07) is 2.71. The summed E-state index contributed by atoms with van der Waals surface area (Å²) < 4.78 is 5.36. The molecule has 0 bridgehead atoms. The predicted molar refractivity (Wildman–Crippen MR) is 65.5 cm³/mol. The van der Waals surface area contributed by atoms with E-state index in [1.165, 1.54) is 6.20 Å². The Balaban J connectivity index is 2.67. The maximum atomic E-state index is 11.8. The number of rotatable bonds is 4. The molecule has 0 aliphatic rings. The van der Waals surface area contributed by atoms with Crippen LogP contribution in [-0.2, 0) is 9.53 Å². The molecule has 1 N–H and O–H groups in total. The zero-order valence-corrected chi connectivity index (χ0v) is 11.2. The number of hydrogen-bond acceptors (Lipinski definition) is 4. The smallest absolute Gasteiger partial charge is 0.328 e. The molecule has 0 aliphatic carbocycles. The third-order valence-corrected chi connectivity index (χ3v) is 2.60. The van der Waals surface area contributed by atoms with Gasteiger partial charge in [-0.15, -0.1) is 0 Å². The van der Waals surface area contributed by atoms with E-state index in [0.717, 1.165) is 0 Å². The number of nitrogens with zero attached hydrogens (tertiary/aromatic N) is 1. The number of nitrogens with one attached hydrogen (secondary N) is 1. The van der Waals surface area contributed by atoms with E-state index in [-0.39, 0.29) is 12.3 Å². The lowest BCUT2D eigenvalue weighted by Crippen LogP contribution is -2.40. The molecule has 0 aromatic carbocycles. The van der Waals surface area contributed by atoms with E-state index in [1.54, 1.807) is 26.0 Å². The van der Waals surface area contributed by atoms with Crippen LogP contribution in [0.2, 0.25) is 0 Å². The van der Waals surface area contributed by atoms with Gasteiger partial charge in [-0.1, -0.05) is 0 Å². The van der Waals surface area contributed by atoms with Crippen LogP contribution in [0.15, 0.2) is 22.8 Å². The molecular formula is C11H13BrN2O3. The van der Waals surface area contributed by atoms with Crippen molar-refractivity contribution in [2.24, 2.45) is 0 Å². The van der Waals surface area contributed by atoms with Crippen molar-refractivity contribution in [3.63, 3.8) is 0 Å². The SMILES string of the molecule is CCOC(=O)C(C)NC(=O)c1ncccc1Br. The normalized spacial score (nSPS) is 11.7. The zero-order valence-electron chi connectivity index (χ0n) is 9.57. The van der Waals surface area contributed by atoms with Gasteiger partial charge >= 0.3 is 5.97 Å². The van der Waals surface area contributed by atoms with Crippen molar-refractivity contribution in [1.29, 1.82) is 0 Å². The third-order valence-electron chi connectivity index (χ3n) is 1.96. The Labute approximate surface area is 108 Å². The molecule has 1 unspecified atom stereocenters. The number of ether oxygens (including phenoxy) is 1. The topological polar surface area (TPSA) is 68.3 Å². The first kappa shape index (κ1) is 13.6. The van der Waals surface area contributed by atoms with Gasteiger partial charge in [-0.25, -0.2) is 9.78 Å². The Kier molecular flexibility index (Phi) is 5.09. The number of hydrogen-bond donors (Lipinski definition) is 1. The molecule has 1 aromatic rings. The number of aromatic nitrogens is 1. The van der Waals surface area contributed by atoms with Crippen molar-refractivity contribution in [3.8, 4) is 0 Å². The second-order valence-corrected chi connectivity index (χ2v) is 4.14. The summed E-state index contributed by atoms with van der Waals surface area (Å²) in [6.07, 6.45) is 1.51. The van der Waals surface area contributed by atoms with Crippen LogP contribution < -0.4 is 5.32 Å². The molecule has 0 fully saturated rings. The molecule has 1 rings (SSSR count). The molecule has 6 heteroatoms. The molecule has 0 spiro atoms. The first-order valence-electron chi connectivity index (χ1n) is 5.14. The van der Waals surface area contributed by atoms with Gasteiger partial charge < -0.3 is 10.1 Å². The molecule has 5 nitrogen and oxygen atoms in total. The number of amides is 1. The van der Waals surface area contributed by atoms with E-state index in [9.17, 15) is 9.59 Å². The number of carbonyl (C=O) groups is 2. The third kappa shape index (κ3) is 3.81. The molecule has 0 saturated heterocycles. The fourth-order valence-corrected chi connectivity index (χ4v) is 1.58. The second-order valence-electron chi connectivity index (χ2n) is 3.28. The molecule has 1 amide bonds. The summed E-state index contributed by atoms with van der Waals surface area (Å²) in [6.45, 7) is 3.56. The van der Waals surface area contributed by atoms with Crippen LogP contribution >= 0.6 is 15.9 Å². The van der Waals surface area contributed by atoms with Gasteiger partial charge in [0.1, 0.15) is 11.7 Å². The number of esters is 1. The monoisotopic (exact) mass is 300 g/mol. The van der Waals surface area contributed by atoms with E-state index in [4.69, 9.17) is 4.74 Å². The highest BCUT2D eigenvalue weighted by atomic mass is 79.9. The fraction of sp³-hybridized carbons (Fsp3) is 0.364. The van der Waals surface area contributed by atoms with Crippen molar-refractivity contribution in [1.82, 2.24) is 10.3 Å². The Morgan fingerprint density at radius 3 is 2.88 bits per heavy atom. The van der Waals surface area contributed by atoms with Crippen molar-refractivity contribution in [3.05, 3.63) is 28.5 Å². The average molecular weight is 301 g/mol. The second kappa shape index (κ2) is 6.34. The van der Waals surface area contributed by atoms with E-state index < -0.39 is 17.9 Å². The fourth-order valence-electron chi connectivity index (χ4n) is 1.14. The molecule has 92 valence electrons. The van der Waals surface area contributed by atoms with E-state index >= 15 is 0 Å². The largest absolute Gasteiger partial charge is 0.464 e. The number of pyridine rings is 1. The maximum Gasteiger partial charge on any atom is 0.328 e. The Morgan fingerprint density at radius 1 is 1.59 bits per heavy atom. The highest BCUT2D eigenvalue weighted by Gasteiger charge is 2.19. The minimum atomic E-state index is -0.698. The maximum absolute atomic E-state index is 11.8. The first-order chi connectivity index (χ1) is 8.06. The molecule has 1 heterocycles. The highest BCUT2D eigenvalue weighted by Crippen LogP contribution is 2.12. The summed E-state index contributed by atoms with van der Waals surface area (Å²) in [5, 5.41) is 2.52. The standard InChI is InChI=1S/C11H13BrN2O3/c1-3-17-11(16)7(2)14-10(15)9-8(12)5-4-6-13-9/h4-7H,3H2,1-2H3,(H,14,15). The minimum Gasteiger partial charge on any atom is -0.464 e. The lowest BCUT2D eigenvalue weighted by atomic mass is 10.3. The molecular weight excluding hydrogens is 288 g/mol. The Bertz CT molecular complexity index is 423. The molecule has 0 aliphatic heterocycles. The van der Waals surface area contributed by atoms with Crippen LogP contribution in [0, 0.1) is 0 Å². The summed E-state index contributed by atoms with van der Waals surface area (Å²) in [7, 11) is 0. The van der Waals surface area contributed by atoms with Gasteiger partial charge in [0.2, 0.25) is 0 Å². The van der Waals surface area contributed by atoms with Gasteiger partial charge in [0, 0.05) is 10.7 Å². The highest BCUT2D eigenvalue weighted by molar-refractivity contribution is 9.10. The number of halogens is 1. The van der Waals surface area contributed by atoms with Gasteiger partial charge in [0.15, 0.2) is 0 Å². The summed E-state index contributed by atoms with van der Waals surface area (Å²) in [5.74, 6) is -0.883. The Hall–Kier alpha value is -1.43. The van der Waals surface area contributed by atoms with Crippen molar-refractivity contribution >= 4 is 27.8 Å². The van der Waals surface area contributed by atoms with Crippen molar-refractivity contribution in [2.45, 2.75) is 19.9 Å². The van der Waals surface area contributed by atoms with Gasteiger partial charge in [0.25, 0.3) is 5.91 Å². The first-order valence-corrected chi connectivity index (χ1v) is 5.93. The minimum absolute atomic E-state index is 0.239. The lowest BCUT2D eigenvalue weighted by molar-refractivity contribution is -0.144. The summed E-state index contributed by atoms with van der Waals surface area (Å²) in [4.78, 5) is 27.0. The van der Waals surface area contributed by atoms with Crippen LogP contribution in [0.5, 0.6) is 0 Å². The zero-order chi connectivity index (χ0) is 12.8. The van der Waals surface area contributed by atoms with E-state index in [2.05, 4.69) is 26.2 Å². The molecule has 17 heavy (non-hydrogen) atoms.